The summed E-state index contributed by atoms with van der Waals surface area (Å²) in [6.45, 7) is 3.71. The van der Waals surface area contributed by atoms with Gasteiger partial charge in [-0.25, -0.2) is 12.8 Å². The normalized spacial score (nSPS) is 12.2. The second kappa shape index (κ2) is 14.7. The molecule has 0 bridgehead atoms. The predicted molar refractivity (Wildman–Crippen MR) is 162 cm³/mol. The summed E-state index contributed by atoms with van der Waals surface area (Å²) in [7, 11) is -3.75. The smallest absolute Gasteiger partial charge is 0.243 e. The number of nitrogens with one attached hydrogen (secondary N) is 1. The number of rotatable bonds is 13. The van der Waals surface area contributed by atoms with E-state index in [-0.39, 0.29) is 60.9 Å². The average Bonchev–Trinajstić information content (AvgIpc) is 2.90. The lowest BCUT2D eigenvalue weighted by Gasteiger charge is -2.32. The second-order valence-electron chi connectivity index (χ2n) is 10.1. The van der Waals surface area contributed by atoms with Gasteiger partial charge in [-0.1, -0.05) is 65.7 Å². The largest absolute Gasteiger partial charge is 0.352 e. The molecule has 1 atom stereocenters. The number of hydrogen-bond acceptors (Lipinski definition) is 4. The number of carbonyl (C=O) groups is 2. The Bertz CT molecular complexity index is 1440. The predicted octanol–water partition coefficient (Wildman–Crippen LogP) is 5.84. The number of carbonyl (C=O) groups excluding carboxylic acids is 2. The standard InChI is InChI=1S/C30H34Cl2FN3O4S/c1-21(2)34-30(38)28(18-22-8-5-4-6-9-22)35(20-23-11-14-25(33)15-12-23)29(37)10-7-17-36(41(3,39)40)27-19-24(31)13-16-26(27)32/h4-6,8-9,11-16,19,21,28H,7,10,17-18,20H2,1-3H3,(H,34,38). The molecule has 0 saturated heterocycles. The lowest BCUT2D eigenvalue weighted by Crippen LogP contribution is -2.51. The van der Waals surface area contributed by atoms with Gasteiger partial charge in [0.2, 0.25) is 21.8 Å². The van der Waals surface area contributed by atoms with Gasteiger partial charge in [-0.05, 0) is 61.7 Å². The highest BCUT2D eigenvalue weighted by molar-refractivity contribution is 7.92. The Hall–Kier alpha value is -3.14. The molecule has 11 heteroatoms. The van der Waals surface area contributed by atoms with Crippen molar-refractivity contribution in [1.82, 2.24) is 10.2 Å². The van der Waals surface area contributed by atoms with Gasteiger partial charge >= 0.3 is 0 Å². The lowest BCUT2D eigenvalue weighted by molar-refractivity contribution is -0.141. The number of amides is 2. The fraction of sp³-hybridized carbons (Fsp3) is 0.333. The van der Waals surface area contributed by atoms with Crippen LogP contribution in [0.15, 0.2) is 72.8 Å². The van der Waals surface area contributed by atoms with Crippen molar-refractivity contribution >= 4 is 50.7 Å². The van der Waals surface area contributed by atoms with Crippen LogP contribution in [0.2, 0.25) is 10.0 Å². The molecule has 0 fully saturated rings. The van der Waals surface area contributed by atoms with Crippen LogP contribution in [0.5, 0.6) is 0 Å². The summed E-state index contributed by atoms with van der Waals surface area (Å²) in [6, 6.07) is 18.6. The number of anilines is 1. The van der Waals surface area contributed by atoms with Gasteiger partial charge in [-0.15, -0.1) is 0 Å². The van der Waals surface area contributed by atoms with Crippen molar-refractivity contribution in [1.29, 1.82) is 0 Å². The first-order valence-electron chi connectivity index (χ1n) is 13.2. The fourth-order valence-corrected chi connectivity index (χ4v) is 5.79. The molecule has 0 saturated carbocycles. The Kier molecular flexibility index (Phi) is 11.6. The molecule has 0 radical (unpaired) electrons. The van der Waals surface area contributed by atoms with Crippen molar-refractivity contribution in [3.05, 3.63) is 99.8 Å². The summed E-state index contributed by atoms with van der Waals surface area (Å²) >= 11 is 12.4. The van der Waals surface area contributed by atoms with E-state index >= 15 is 0 Å². The Morgan fingerprint density at radius 2 is 1.61 bits per heavy atom. The van der Waals surface area contributed by atoms with Gasteiger partial charge in [-0.3, -0.25) is 13.9 Å². The minimum atomic E-state index is -3.75. The first-order chi connectivity index (χ1) is 19.3. The van der Waals surface area contributed by atoms with E-state index < -0.39 is 21.9 Å². The Labute approximate surface area is 251 Å². The van der Waals surface area contributed by atoms with E-state index in [1.165, 1.54) is 29.2 Å². The molecular weight excluding hydrogens is 588 g/mol. The van der Waals surface area contributed by atoms with Crippen LogP contribution in [0.1, 0.15) is 37.8 Å². The molecule has 0 spiro atoms. The topological polar surface area (TPSA) is 86.8 Å². The number of benzene rings is 3. The molecule has 0 aliphatic carbocycles. The Morgan fingerprint density at radius 3 is 2.22 bits per heavy atom. The minimum absolute atomic E-state index is 0.0312. The van der Waals surface area contributed by atoms with Gasteiger partial charge in [0.1, 0.15) is 11.9 Å². The molecule has 2 amide bonds. The fourth-order valence-electron chi connectivity index (χ4n) is 4.38. The van der Waals surface area contributed by atoms with Crippen LogP contribution >= 0.6 is 23.2 Å². The van der Waals surface area contributed by atoms with E-state index in [9.17, 15) is 22.4 Å². The summed E-state index contributed by atoms with van der Waals surface area (Å²) in [5.41, 5.74) is 1.74. The van der Waals surface area contributed by atoms with Gasteiger partial charge in [0.15, 0.2) is 0 Å². The monoisotopic (exact) mass is 621 g/mol. The summed E-state index contributed by atoms with van der Waals surface area (Å²) in [6.07, 6.45) is 1.42. The molecule has 3 aromatic rings. The quantitative estimate of drug-likeness (QED) is 0.260. The van der Waals surface area contributed by atoms with Crippen LogP contribution in [-0.2, 0) is 32.6 Å². The van der Waals surface area contributed by atoms with E-state index in [4.69, 9.17) is 23.2 Å². The molecule has 0 aromatic heterocycles. The maximum absolute atomic E-state index is 13.8. The molecule has 0 heterocycles. The number of halogens is 3. The molecular formula is C30H34Cl2FN3O4S. The van der Waals surface area contributed by atoms with Crippen LogP contribution in [0.3, 0.4) is 0 Å². The minimum Gasteiger partial charge on any atom is -0.352 e. The van der Waals surface area contributed by atoms with Crippen molar-refractivity contribution in [2.45, 2.75) is 51.7 Å². The first-order valence-corrected chi connectivity index (χ1v) is 15.8. The van der Waals surface area contributed by atoms with Crippen LogP contribution in [-0.4, -0.2) is 50.0 Å². The maximum atomic E-state index is 13.8. The van der Waals surface area contributed by atoms with Gasteiger partial charge in [0, 0.05) is 37.0 Å². The third-order valence-corrected chi connectivity index (χ3v) is 8.03. The van der Waals surface area contributed by atoms with Crippen molar-refractivity contribution in [3.63, 3.8) is 0 Å². The SMILES string of the molecule is CC(C)NC(=O)C(Cc1ccccc1)N(Cc1ccc(F)cc1)C(=O)CCCN(c1cc(Cl)ccc1Cl)S(C)(=O)=O. The van der Waals surface area contributed by atoms with Crippen molar-refractivity contribution in [2.24, 2.45) is 0 Å². The average molecular weight is 623 g/mol. The summed E-state index contributed by atoms with van der Waals surface area (Å²) < 4.78 is 40.0. The van der Waals surface area contributed by atoms with Gasteiger partial charge < -0.3 is 10.2 Å². The van der Waals surface area contributed by atoms with Crippen LogP contribution in [0.4, 0.5) is 10.1 Å². The van der Waals surface area contributed by atoms with Crippen molar-refractivity contribution < 1.29 is 22.4 Å². The van der Waals surface area contributed by atoms with Crippen LogP contribution in [0, 0.1) is 5.82 Å². The Morgan fingerprint density at radius 1 is 0.951 bits per heavy atom. The first kappa shape index (κ1) is 32.4. The molecule has 220 valence electrons. The van der Waals surface area contributed by atoms with Gasteiger partial charge in [0.05, 0.1) is 17.0 Å². The highest BCUT2D eigenvalue weighted by Gasteiger charge is 2.31. The maximum Gasteiger partial charge on any atom is 0.243 e. The van der Waals surface area contributed by atoms with E-state index in [0.717, 1.165) is 16.1 Å². The van der Waals surface area contributed by atoms with Crippen LogP contribution in [0.25, 0.3) is 0 Å². The third kappa shape index (κ3) is 9.73. The Balaban J connectivity index is 1.89. The number of hydrogen-bond donors (Lipinski definition) is 1. The van der Waals surface area contributed by atoms with E-state index in [1.54, 1.807) is 18.2 Å². The molecule has 3 rings (SSSR count). The molecule has 41 heavy (non-hydrogen) atoms. The highest BCUT2D eigenvalue weighted by Crippen LogP contribution is 2.31. The summed E-state index contributed by atoms with van der Waals surface area (Å²) in [4.78, 5) is 28.7. The van der Waals surface area contributed by atoms with Gasteiger partial charge in [0.25, 0.3) is 0 Å². The third-order valence-electron chi connectivity index (χ3n) is 6.30. The van der Waals surface area contributed by atoms with Gasteiger partial charge in [-0.2, -0.15) is 0 Å². The zero-order chi connectivity index (χ0) is 30.2. The molecule has 7 nitrogen and oxygen atoms in total. The molecule has 1 unspecified atom stereocenters. The van der Waals surface area contributed by atoms with E-state index in [0.29, 0.717) is 10.6 Å². The van der Waals surface area contributed by atoms with Crippen molar-refractivity contribution in [2.75, 3.05) is 17.1 Å². The molecule has 1 N–H and O–H groups in total. The molecule has 0 aliphatic heterocycles. The zero-order valence-corrected chi connectivity index (χ0v) is 25.5. The summed E-state index contributed by atoms with van der Waals surface area (Å²) in [5.74, 6) is -1.08. The zero-order valence-electron chi connectivity index (χ0n) is 23.2. The van der Waals surface area contributed by atoms with Crippen molar-refractivity contribution in [3.8, 4) is 0 Å². The van der Waals surface area contributed by atoms with E-state index in [2.05, 4.69) is 5.32 Å². The number of nitrogens with zero attached hydrogens (tertiary/aromatic N) is 2. The number of sulfonamides is 1. The van der Waals surface area contributed by atoms with E-state index in [1.807, 2.05) is 44.2 Å². The molecule has 3 aromatic carbocycles. The van der Waals surface area contributed by atoms with Crippen LogP contribution < -0.4 is 9.62 Å². The molecule has 0 aliphatic rings. The highest BCUT2D eigenvalue weighted by atomic mass is 35.5. The lowest BCUT2D eigenvalue weighted by atomic mass is 10.0. The summed E-state index contributed by atoms with van der Waals surface area (Å²) in [5, 5.41) is 3.44. The second-order valence-corrected chi connectivity index (χ2v) is 12.8.